The third-order valence-electron chi connectivity index (χ3n) is 2.44. The number of halogens is 1. The second-order valence-electron chi connectivity index (χ2n) is 3.87. The zero-order valence-electron chi connectivity index (χ0n) is 10.4. The predicted octanol–water partition coefficient (Wildman–Crippen LogP) is 2.17. The topological polar surface area (TPSA) is 92.4 Å². The minimum atomic E-state index is -1.10. The van der Waals surface area contributed by atoms with E-state index in [1.165, 1.54) is 6.07 Å². The zero-order chi connectivity index (χ0) is 14.4. The molecule has 0 aliphatic rings. The van der Waals surface area contributed by atoms with Gasteiger partial charge in [-0.05, 0) is 36.6 Å². The van der Waals surface area contributed by atoms with Gasteiger partial charge < -0.3 is 16.2 Å². The Balaban J connectivity index is 2.83. The number of nitrogens with one attached hydrogen (secondary N) is 1. The first-order chi connectivity index (χ1) is 8.95. The summed E-state index contributed by atoms with van der Waals surface area (Å²) in [5.74, 6) is -0.700. The van der Waals surface area contributed by atoms with E-state index in [0.29, 0.717) is 10.9 Å². The van der Waals surface area contributed by atoms with E-state index in [-0.39, 0.29) is 17.2 Å². The third kappa shape index (κ3) is 4.85. The molecule has 0 bridgehead atoms. The van der Waals surface area contributed by atoms with Crippen LogP contribution in [-0.2, 0) is 4.79 Å². The highest BCUT2D eigenvalue weighted by atomic mass is 79.9. The molecule has 1 atom stereocenters. The van der Waals surface area contributed by atoms with Crippen LogP contribution in [0.5, 0.6) is 0 Å². The summed E-state index contributed by atoms with van der Waals surface area (Å²) in [4.78, 5) is 22.9. The van der Waals surface area contributed by atoms with Crippen molar-refractivity contribution >= 4 is 45.3 Å². The van der Waals surface area contributed by atoms with E-state index >= 15 is 0 Å². The van der Waals surface area contributed by atoms with Gasteiger partial charge >= 0.3 is 5.97 Å². The predicted molar refractivity (Wildman–Crippen MR) is 80.7 cm³/mol. The van der Waals surface area contributed by atoms with Gasteiger partial charge in [0.15, 0.2) is 0 Å². The Hall–Kier alpha value is -1.05. The summed E-state index contributed by atoms with van der Waals surface area (Å²) < 4.78 is 0.686. The number of amides is 1. The molecule has 19 heavy (non-hydrogen) atoms. The van der Waals surface area contributed by atoms with Gasteiger partial charge in [-0.25, -0.2) is 4.79 Å². The quantitative estimate of drug-likeness (QED) is 0.733. The lowest BCUT2D eigenvalue weighted by molar-refractivity contribution is -0.117. The number of nitrogens with two attached hydrogens (primary N) is 1. The smallest absolute Gasteiger partial charge is 0.337 e. The maximum Gasteiger partial charge on any atom is 0.337 e. The first-order valence-corrected chi connectivity index (χ1v) is 7.72. The highest BCUT2D eigenvalue weighted by molar-refractivity contribution is 9.10. The van der Waals surface area contributed by atoms with Crippen LogP contribution in [0.4, 0.5) is 5.69 Å². The number of thioether (sulfide) groups is 1. The molecule has 1 aromatic rings. The summed E-state index contributed by atoms with van der Waals surface area (Å²) >= 11 is 4.84. The van der Waals surface area contributed by atoms with Crippen LogP contribution >= 0.6 is 27.7 Å². The third-order valence-corrected chi connectivity index (χ3v) is 3.58. The zero-order valence-corrected chi connectivity index (χ0v) is 12.8. The number of aromatic carboxylic acids is 1. The van der Waals surface area contributed by atoms with Gasteiger partial charge in [0.1, 0.15) is 0 Å². The fraction of sp³-hybridized carbons (Fsp3) is 0.333. The Morgan fingerprint density at radius 3 is 2.79 bits per heavy atom. The number of hydrogen-bond acceptors (Lipinski definition) is 4. The van der Waals surface area contributed by atoms with Gasteiger partial charge in [0.25, 0.3) is 0 Å². The van der Waals surface area contributed by atoms with Gasteiger partial charge in [-0.1, -0.05) is 15.9 Å². The molecule has 0 saturated carbocycles. The number of carboxylic acid groups (broad SMARTS) is 1. The monoisotopic (exact) mass is 346 g/mol. The van der Waals surface area contributed by atoms with Crippen molar-refractivity contribution < 1.29 is 14.7 Å². The summed E-state index contributed by atoms with van der Waals surface area (Å²) in [5.41, 5.74) is 6.01. The molecule has 0 saturated heterocycles. The molecule has 0 aliphatic carbocycles. The van der Waals surface area contributed by atoms with Crippen molar-refractivity contribution in [2.24, 2.45) is 5.73 Å². The summed E-state index contributed by atoms with van der Waals surface area (Å²) in [6, 6.07) is 3.93. The van der Waals surface area contributed by atoms with Crippen LogP contribution in [-0.4, -0.2) is 35.0 Å². The van der Waals surface area contributed by atoms with Crippen molar-refractivity contribution in [3.05, 3.63) is 28.2 Å². The van der Waals surface area contributed by atoms with Crippen molar-refractivity contribution in [1.82, 2.24) is 0 Å². The van der Waals surface area contributed by atoms with Crippen LogP contribution in [0.2, 0.25) is 0 Å². The summed E-state index contributed by atoms with van der Waals surface area (Å²) in [6.07, 6.45) is 2.48. The van der Waals surface area contributed by atoms with Crippen molar-refractivity contribution in [2.75, 3.05) is 17.3 Å². The Morgan fingerprint density at radius 1 is 1.53 bits per heavy atom. The van der Waals surface area contributed by atoms with Gasteiger partial charge in [0.2, 0.25) is 5.91 Å². The van der Waals surface area contributed by atoms with Crippen LogP contribution in [0.1, 0.15) is 16.8 Å². The molecule has 1 aromatic carbocycles. The maximum absolute atomic E-state index is 11.9. The number of anilines is 1. The van der Waals surface area contributed by atoms with Crippen molar-refractivity contribution in [2.45, 2.75) is 12.5 Å². The number of carbonyl (C=O) groups excluding carboxylic acids is 1. The molecule has 104 valence electrons. The normalized spacial score (nSPS) is 11.9. The lowest BCUT2D eigenvalue weighted by atomic mass is 10.1. The molecule has 0 fully saturated rings. The average molecular weight is 347 g/mol. The first-order valence-electron chi connectivity index (χ1n) is 5.54. The highest BCUT2D eigenvalue weighted by Crippen LogP contribution is 2.21. The van der Waals surface area contributed by atoms with E-state index in [9.17, 15) is 9.59 Å². The number of carboxylic acids is 1. The Bertz CT molecular complexity index is 482. The average Bonchev–Trinajstić information content (AvgIpc) is 2.35. The van der Waals surface area contributed by atoms with Crippen LogP contribution < -0.4 is 11.1 Å². The molecule has 0 radical (unpaired) electrons. The van der Waals surface area contributed by atoms with Crippen LogP contribution in [0, 0.1) is 0 Å². The molecule has 0 aliphatic heterocycles. The summed E-state index contributed by atoms with van der Waals surface area (Å²) in [6.45, 7) is 0. The molecular formula is C12H15BrN2O3S. The lowest BCUT2D eigenvalue weighted by Crippen LogP contribution is -2.36. The van der Waals surface area contributed by atoms with E-state index < -0.39 is 12.0 Å². The van der Waals surface area contributed by atoms with E-state index in [0.717, 1.165) is 5.75 Å². The molecular weight excluding hydrogens is 332 g/mol. The number of carbonyl (C=O) groups is 2. The molecule has 4 N–H and O–H groups in total. The number of hydrogen-bond donors (Lipinski definition) is 3. The lowest BCUT2D eigenvalue weighted by Gasteiger charge is -2.13. The molecule has 1 rings (SSSR count). The molecule has 7 heteroatoms. The maximum atomic E-state index is 11.9. The molecule has 0 aromatic heterocycles. The Labute approximate surface area is 124 Å². The van der Waals surface area contributed by atoms with Crippen LogP contribution in [0.3, 0.4) is 0 Å². The molecule has 0 unspecified atom stereocenters. The minimum absolute atomic E-state index is 0.0358. The van der Waals surface area contributed by atoms with E-state index in [1.807, 2.05) is 6.26 Å². The fourth-order valence-electron chi connectivity index (χ4n) is 1.41. The van der Waals surface area contributed by atoms with Gasteiger partial charge in [-0.2, -0.15) is 11.8 Å². The second kappa shape index (κ2) is 7.52. The van der Waals surface area contributed by atoms with Gasteiger partial charge in [-0.3, -0.25) is 4.79 Å². The van der Waals surface area contributed by atoms with Gasteiger partial charge in [0.05, 0.1) is 17.3 Å². The van der Waals surface area contributed by atoms with E-state index in [1.54, 1.807) is 23.9 Å². The molecule has 0 heterocycles. The first kappa shape index (κ1) is 16.0. The minimum Gasteiger partial charge on any atom is -0.478 e. The van der Waals surface area contributed by atoms with Crippen LogP contribution in [0.15, 0.2) is 22.7 Å². The molecule has 0 spiro atoms. The number of rotatable bonds is 6. The summed E-state index contributed by atoms with van der Waals surface area (Å²) in [7, 11) is 0. The highest BCUT2D eigenvalue weighted by Gasteiger charge is 2.17. The second-order valence-corrected chi connectivity index (χ2v) is 5.77. The Kier molecular flexibility index (Phi) is 6.33. The number of benzene rings is 1. The SMILES string of the molecule is CSCC[C@H](N)C(=O)Nc1cc(Br)ccc1C(=O)O. The van der Waals surface area contributed by atoms with E-state index in [2.05, 4.69) is 21.2 Å². The largest absolute Gasteiger partial charge is 0.478 e. The van der Waals surface area contributed by atoms with E-state index in [4.69, 9.17) is 10.8 Å². The fourth-order valence-corrected chi connectivity index (χ4v) is 2.26. The molecule has 5 nitrogen and oxygen atoms in total. The summed E-state index contributed by atoms with van der Waals surface area (Å²) in [5, 5.41) is 11.6. The van der Waals surface area contributed by atoms with Crippen LogP contribution in [0.25, 0.3) is 0 Å². The Morgan fingerprint density at radius 2 is 2.21 bits per heavy atom. The molecule has 1 amide bonds. The standard InChI is InChI=1S/C12H15BrN2O3S/c1-19-5-4-9(14)11(16)15-10-6-7(13)2-3-8(10)12(17)18/h2-3,6,9H,4-5,14H2,1H3,(H,15,16)(H,17,18)/t9-/m0/s1. The van der Waals surface area contributed by atoms with Gasteiger partial charge in [0, 0.05) is 4.47 Å². The van der Waals surface area contributed by atoms with Crippen molar-refractivity contribution in [1.29, 1.82) is 0 Å². The van der Waals surface area contributed by atoms with Gasteiger partial charge in [-0.15, -0.1) is 0 Å². The van der Waals surface area contributed by atoms with Crippen molar-refractivity contribution in [3.63, 3.8) is 0 Å². The van der Waals surface area contributed by atoms with Crippen molar-refractivity contribution in [3.8, 4) is 0 Å².